The summed E-state index contributed by atoms with van der Waals surface area (Å²) in [5, 5.41) is 0.621. The highest BCUT2D eigenvalue weighted by Crippen LogP contribution is 2.39. The third kappa shape index (κ3) is 5.04. The Morgan fingerprint density at radius 2 is 1.77 bits per heavy atom. The summed E-state index contributed by atoms with van der Waals surface area (Å²) >= 11 is 0. The van der Waals surface area contributed by atoms with E-state index in [9.17, 15) is 4.79 Å². The molecule has 0 spiro atoms. The van der Waals surface area contributed by atoms with E-state index < -0.39 is 5.63 Å². The Balaban J connectivity index is 2.55. The second-order valence-corrected chi connectivity index (χ2v) is 6.53. The van der Waals surface area contributed by atoms with Crippen LogP contribution in [0.15, 0.2) is 39.6 Å². The van der Waals surface area contributed by atoms with Crippen LogP contribution in [0.5, 0.6) is 17.2 Å². The Labute approximate surface area is 154 Å². The van der Waals surface area contributed by atoms with E-state index in [2.05, 4.69) is 19.1 Å². The van der Waals surface area contributed by atoms with Gasteiger partial charge >= 0.3 is 5.63 Å². The van der Waals surface area contributed by atoms with Crippen molar-refractivity contribution in [3.8, 4) is 17.2 Å². The first kappa shape index (κ1) is 19.9. The van der Waals surface area contributed by atoms with Gasteiger partial charge in [0.05, 0.1) is 18.8 Å². The van der Waals surface area contributed by atoms with Gasteiger partial charge in [-0.05, 0) is 52.7 Å². The standard InChI is InChI=1S/C21H28O5/c1-6-7-8-9-13-23-19-18-16(24-14(2)3)11-10-12-17(18)26-21(22)20(19)25-15(4)5/h7-8,10-12,14-15H,6,9,13H2,1-5H3. The number of allylic oxidation sites excluding steroid dienone is 1. The fourth-order valence-electron chi connectivity index (χ4n) is 2.51. The normalized spacial score (nSPS) is 11.7. The molecule has 0 N–H and O–H groups in total. The highest BCUT2D eigenvalue weighted by atomic mass is 16.5. The first-order valence-corrected chi connectivity index (χ1v) is 9.15. The van der Waals surface area contributed by atoms with Gasteiger partial charge < -0.3 is 18.6 Å². The molecule has 2 rings (SSSR count). The Morgan fingerprint density at radius 1 is 1.04 bits per heavy atom. The van der Waals surface area contributed by atoms with Crippen LogP contribution in [0, 0.1) is 0 Å². The average molecular weight is 360 g/mol. The molecule has 0 saturated heterocycles. The smallest absolute Gasteiger partial charge is 0.383 e. The molecule has 5 heteroatoms. The minimum atomic E-state index is -0.549. The van der Waals surface area contributed by atoms with Crippen LogP contribution in [-0.4, -0.2) is 18.8 Å². The van der Waals surface area contributed by atoms with Crippen LogP contribution in [0.3, 0.4) is 0 Å². The van der Waals surface area contributed by atoms with E-state index in [-0.39, 0.29) is 18.0 Å². The second kappa shape index (κ2) is 9.32. The summed E-state index contributed by atoms with van der Waals surface area (Å²) in [6.45, 7) is 10.1. The van der Waals surface area contributed by atoms with Gasteiger partial charge in [-0.15, -0.1) is 0 Å². The van der Waals surface area contributed by atoms with Crippen LogP contribution in [0.25, 0.3) is 11.0 Å². The molecule has 0 radical (unpaired) electrons. The predicted octanol–water partition coefficient (Wildman–Crippen LogP) is 5.10. The van der Waals surface area contributed by atoms with Crippen LogP contribution >= 0.6 is 0 Å². The molecule has 0 saturated carbocycles. The molecular weight excluding hydrogens is 332 g/mol. The molecule has 26 heavy (non-hydrogen) atoms. The van der Waals surface area contributed by atoms with Gasteiger partial charge in [0.25, 0.3) is 0 Å². The summed E-state index contributed by atoms with van der Waals surface area (Å²) < 4.78 is 23.1. The van der Waals surface area contributed by atoms with Crippen molar-refractivity contribution in [2.24, 2.45) is 0 Å². The second-order valence-electron chi connectivity index (χ2n) is 6.53. The molecule has 0 aliphatic rings. The highest BCUT2D eigenvalue weighted by Gasteiger charge is 2.22. The van der Waals surface area contributed by atoms with Crippen molar-refractivity contribution < 1.29 is 18.6 Å². The molecule has 1 aromatic carbocycles. The van der Waals surface area contributed by atoms with Gasteiger partial charge in [-0.3, -0.25) is 0 Å². The zero-order valence-corrected chi connectivity index (χ0v) is 16.2. The summed E-state index contributed by atoms with van der Waals surface area (Å²) in [7, 11) is 0. The lowest BCUT2D eigenvalue weighted by atomic mass is 10.2. The molecule has 5 nitrogen and oxygen atoms in total. The third-order valence-electron chi connectivity index (χ3n) is 3.46. The maximum Gasteiger partial charge on any atom is 0.383 e. The third-order valence-corrected chi connectivity index (χ3v) is 3.46. The first-order chi connectivity index (χ1) is 12.4. The van der Waals surface area contributed by atoms with Crippen molar-refractivity contribution in [2.75, 3.05) is 6.61 Å². The number of benzene rings is 1. The SMILES string of the molecule is CCC=CCCOc1c(OC(C)C)c(=O)oc2cccc(OC(C)C)c12. The summed E-state index contributed by atoms with van der Waals surface area (Å²) in [6, 6.07) is 5.36. The lowest BCUT2D eigenvalue weighted by Crippen LogP contribution is -2.16. The summed E-state index contributed by atoms with van der Waals surface area (Å²) in [5.74, 6) is 1.08. The number of ether oxygens (including phenoxy) is 3. The van der Waals surface area contributed by atoms with Gasteiger partial charge in [-0.1, -0.05) is 25.1 Å². The molecule has 0 aliphatic heterocycles. The van der Waals surface area contributed by atoms with E-state index in [1.165, 1.54) is 0 Å². The van der Waals surface area contributed by atoms with Crippen molar-refractivity contribution in [2.45, 2.75) is 59.7 Å². The van der Waals surface area contributed by atoms with Crippen molar-refractivity contribution in [3.05, 3.63) is 40.8 Å². The zero-order valence-electron chi connectivity index (χ0n) is 16.2. The number of fused-ring (bicyclic) bond motifs is 1. The van der Waals surface area contributed by atoms with E-state index in [0.29, 0.717) is 29.1 Å². The van der Waals surface area contributed by atoms with Gasteiger partial charge in [0.2, 0.25) is 5.75 Å². The molecule has 142 valence electrons. The highest BCUT2D eigenvalue weighted by molar-refractivity contribution is 5.91. The predicted molar refractivity (Wildman–Crippen MR) is 104 cm³/mol. The molecule has 2 aromatic rings. The quantitative estimate of drug-likeness (QED) is 0.354. The summed E-state index contributed by atoms with van der Waals surface area (Å²) in [4.78, 5) is 12.4. The van der Waals surface area contributed by atoms with Crippen molar-refractivity contribution in [3.63, 3.8) is 0 Å². The first-order valence-electron chi connectivity index (χ1n) is 9.15. The average Bonchev–Trinajstić information content (AvgIpc) is 2.56. The fraction of sp³-hybridized carbons (Fsp3) is 0.476. The Hall–Kier alpha value is -2.43. The van der Waals surface area contributed by atoms with Gasteiger partial charge in [0, 0.05) is 0 Å². The lowest BCUT2D eigenvalue weighted by Gasteiger charge is -2.18. The van der Waals surface area contributed by atoms with E-state index >= 15 is 0 Å². The van der Waals surface area contributed by atoms with Crippen molar-refractivity contribution >= 4 is 11.0 Å². The van der Waals surface area contributed by atoms with E-state index in [1.807, 2.05) is 33.8 Å². The molecule has 0 bridgehead atoms. The fourth-order valence-corrected chi connectivity index (χ4v) is 2.51. The maximum atomic E-state index is 12.4. The van der Waals surface area contributed by atoms with Crippen LogP contribution < -0.4 is 19.8 Å². The van der Waals surface area contributed by atoms with Crippen LogP contribution in [0.4, 0.5) is 0 Å². The maximum absolute atomic E-state index is 12.4. The van der Waals surface area contributed by atoms with E-state index in [0.717, 1.165) is 12.8 Å². The van der Waals surface area contributed by atoms with Gasteiger partial charge in [-0.2, -0.15) is 0 Å². The largest absolute Gasteiger partial charge is 0.490 e. The molecule has 0 fully saturated rings. The van der Waals surface area contributed by atoms with Gasteiger partial charge in [0.1, 0.15) is 16.7 Å². The molecule has 1 aromatic heterocycles. The zero-order chi connectivity index (χ0) is 19.1. The molecule has 0 atom stereocenters. The molecule has 0 unspecified atom stereocenters. The summed E-state index contributed by atoms with van der Waals surface area (Å²) in [6.07, 6.45) is 5.65. The minimum Gasteiger partial charge on any atom is -0.490 e. The van der Waals surface area contributed by atoms with E-state index in [4.69, 9.17) is 18.6 Å². The number of rotatable bonds is 9. The molecule has 0 aliphatic carbocycles. The van der Waals surface area contributed by atoms with Gasteiger partial charge in [0.15, 0.2) is 5.75 Å². The van der Waals surface area contributed by atoms with E-state index in [1.54, 1.807) is 12.1 Å². The molecule has 0 amide bonds. The van der Waals surface area contributed by atoms with Crippen molar-refractivity contribution in [1.82, 2.24) is 0 Å². The number of hydrogen-bond donors (Lipinski definition) is 0. The van der Waals surface area contributed by atoms with Crippen LogP contribution in [0.2, 0.25) is 0 Å². The minimum absolute atomic E-state index is 0.0256. The Bertz CT molecular complexity index is 802. The Morgan fingerprint density at radius 3 is 2.42 bits per heavy atom. The van der Waals surface area contributed by atoms with Crippen LogP contribution in [0.1, 0.15) is 47.5 Å². The molecule has 1 heterocycles. The van der Waals surface area contributed by atoms with Crippen LogP contribution in [-0.2, 0) is 0 Å². The van der Waals surface area contributed by atoms with Gasteiger partial charge in [-0.25, -0.2) is 4.79 Å². The molecular formula is C21H28O5. The monoisotopic (exact) mass is 360 g/mol. The Kier molecular flexibility index (Phi) is 7.13. The lowest BCUT2D eigenvalue weighted by molar-refractivity contribution is 0.211. The topological polar surface area (TPSA) is 57.9 Å². The summed E-state index contributed by atoms with van der Waals surface area (Å²) in [5.41, 5.74) is -0.129. The number of hydrogen-bond acceptors (Lipinski definition) is 5. The van der Waals surface area contributed by atoms with Crippen molar-refractivity contribution in [1.29, 1.82) is 0 Å².